The molecule has 2 unspecified atom stereocenters. The Morgan fingerprint density at radius 2 is 2.16 bits per heavy atom. The van der Waals surface area contributed by atoms with Crippen molar-refractivity contribution in [3.05, 3.63) is 23.8 Å². The Balaban J connectivity index is 1.93. The Kier molecular flexibility index (Phi) is 4.27. The molecule has 2 rings (SSSR count). The van der Waals surface area contributed by atoms with Crippen molar-refractivity contribution in [2.45, 2.75) is 32.9 Å². The summed E-state index contributed by atoms with van der Waals surface area (Å²) in [6.07, 6.45) is 0.616. The number of fused-ring (bicyclic) bond motifs is 1. The van der Waals surface area contributed by atoms with Gasteiger partial charge in [-0.2, -0.15) is 0 Å². The Labute approximate surface area is 112 Å². The zero-order valence-corrected chi connectivity index (χ0v) is 11.2. The van der Waals surface area contributed by atoms with E-state index in [2.05, 4.69) is 5.32 Å². The molecule has 0 aromatic heterocycles. The van der Waals surface area contributed by atoms with Crippen LogP contribution >= 0.6 is 0 Å². The third-order valence-corrected chi connectivity index (χ3v) is 3.43. The van der Waals surface area contributed by atoms with Gasteiger partial charge in [-0.3, -0.25) is 4.79 Å². The molecule has 1 aromatic rings. The van der Waals surface area contributed by atoms with Crippen LogP contribution in [0.1, 0.15) is 25.8 Å². The Morgan fingerprint density at radius 3 is 2.84 bits per heavy atom. The maximum Gasteiger partial charge on any atom is 0.308 e. The van der Waals surface area contributed by atoms with E-state index in [0.717, 1.165) is 17.1 Å². The lowest BCUT2D eigenvalue weighted by Crippen LogP contribution is -2.37. The highest BCUT2D eigenvalue weighted by Crippen LogP contribution is 2.32. The molecule has 1 aromatic carbocycles. The number of aliphatic carboxylic acids is 1. The van der Waals surface area contributed by atoms with Crippen molar-refractivity contribution in [2.24, 2.45) is 5.92 Å². The van der Waals surface area contributed by atoms with Crippen LogP contribution in [0.3, 0.4) is 0 Å². The summed E-state index contributed by atoms with van der Waals surface area (Å²) in [4.78, 5) is 11.1. The van der Waals surface area contributed by atoms with Gasteiger partial charge in [-0.05, 0) is 31.0 Å². The van der Waals surface area contributed by atoms with Crippen LogP contribution in [-0.2, 0) is 11.3 Å². The van der Waals surface area contributed by atoms with E-state index in [4.69, 9.17) is 14.6 Å². The van der Waals surface area contributed by atoms with Gasteiger partial charge in [0.1, 0.15) is 0 Å². The van der Waals surface area contributed by atoms with Gasteiger partial charge in [-0.25, -0.2) is 0 Å². The van der Waals surface area contributed by atoms with Crippen LogP contribution in [0.4, 0.5) is 0 Å². The molecule has 2 atom stereocenters. The number of carboxylic acids is 1. The largest absolute Gasteiger partial charge is 0.481 e. The maximum absolute atomic E-state index is 11.1. The summed E-state index contributed by atoms with van der Waals surface area (Å²) < 4.78 is 10.6. The number of carbonyl (C=O) groups is 1. The van der Waals surface area contributed by atoms with Gasteiger partial charge >= 0.3 is 5.97 Å². The molecule has 0 aliphatic carbocycles. The molecule has 19 heavy (non-hydrogen) atoms. The molecule has 0 fully saturated rings. The molecule has 0 spiro atoms. The van der Waals surface area contributed by atoms with Gasteiger partial charge in [0.2, 0.25) is 6.79 Å². The second-order valence-corrected chi connectivity index (χ2v) is 4.71. The maximum atomic E-state index is 11.1. The molecule has 0 saturated heterocycles. The number of hydrogen-bond donors (Lipinski definition) is 2. The first-order valence-corrected chi connectivity index (χ1v) is 6.46. The van der Waals surface area contributed by atoms with E-state index in [9.17, 15) is 4.79 Å². The SMILES string of the molecule is CCC(C(=O)O)C(C)NCc1ccc2c(c1)OCO2. The van der Waals surface area contributed by atoms with E-state index >= 15 is 0 Å². The molecule has 0 radical (unpaired) electrons. The fourth-order valence-corrected chi connectivity index (χ4v) is 2.21. The van der Waals surface area contributed by atoms with E-state index < -0.39 is 5.97 Å². The molecule has 5 nitrogen and oxygen atoms in total. The summed E-state index contributed by atoms with van der Waals surface area (Å²) in [5, 5.41) is 12.3. The van der Waals surface area contributed by atoms with Gasteiger partial charge in [0, 0.05) is 12.6 Å². The average Bonchev–Trinajstić information content (AvgIpc) is 2.84. The fraction of sp³-hybridized carbons (Fsp3) is 0.500. The first kappa shape index (κ1) is 13.7. The number of benzene rings is 1. The van der Waals surface area contributed by atoms with Crippen LogP contribution in [0.15, 0.2) is 18.2 Å². The quantitative estimate of drug-likeness (QED) is 0.823. The third-order valence-electron chi connectivity index (χ3n) is 3.43. The Morgan fingerprint density at radius 1 is 1.42 bits per heavy atom. The van der Waals surface area contributed by atoms with E-state index in [1.807, 2.05) is 32.0 Å². The standard InChI is InChI=1S/C14H19NO4/c1-3-11(14(16)17)9(2)15-7-10-4-5-12-13(6-10)19-8-18-12/h4-6,9,11,15H,3,7-8H2,1-2H3,(H,16,17). The molecular formula is C14H19NO4. The second-order valence-electron chi connectivity index (χ2n) is 4.71. The summed E-state index contributed by atoms with van der Waals surface area (Å²) in [7, 11) is 0. The van der Waals surface area contributed by atoms with E-state index in [-0.39, 0.29) is 18.8 Å². The number of hydrogen-bond acceptors (Lipinski definition) is 4. The summed E-state index contributed by atoms with van der Waals surface area (Å²) in [6.45, 7) is 4.66. The topological polar surface area (TPSA) is 67.8 Å². The molecule has 1 aliphatic heterocycles. The second kappa shape index (κ2) is 5.93. The van der Waals surface area contributed by atoms with Crippen LogP contribution in [0, 0.1) is 5.92 Å². The van der Waals surface area contributed by atoms with Gasteiger partial charge < -0.3 is 19.9 Å². The predicted molar refractivity (Wildman–Crippen MR) is 70.3 cm³/mol. The first-order valence-electron chi connectivity index (χ1n) is 6.46. The molecule has 0 saturated carbocycles. The zero-order valence-electron chi connectivity index (χ0n) is 11.2. The molecule has 1 aliphatic rings. The van der Waals surface area contributed by atoms with Crippen molar-refractivity contribution in [2.75, 3.05) is 6.79 Å². The van der Waals surface area contributed by atoms with Crippen LogP contribution in [0.2, 0.25) is 0 Å². The fourth-order valence-electron chi connectivity index (χ4n) is 2.21. The van der Waals surface area contributed by atoms with Crippen molar-refractivity contribution in [1.29, 1.82) is 0 Å². The third kappa shape index (κ3) is 3.17. The van der Waals surface area contributed by atoms with Gasteiger partial charge in [0.05, 0.1) is 5.92 Å². The number of ether oxygens (including phenoxy) is 2. The number of rotatable bonds is 6. The smallest absolute Gasteiger partial charge is 0.308 e. The monoisotopic (exact) mass is 265 g/mol. The molecule has 0 bridgehead atoms. The Bertz CT molecular complexity index is 461. The van der Waals surface area contributed by atoms with Crippen LogP contribution in [0.5, 0.6) is 11.5 Å². The van der Waals surface area contributed by atoms with Crippen molar-refractivity contribution < 1.29 is 19.4 Å². The summed E-state index contributed by atoms with van der Waals surface area (Å²) in [5.74, 6) is 0.383. The van der Waals surface area contributed by atoms with Gasteiger partial charge in [-0.1, -0.05) is 13.0 Å². The predicted octanol–water partition coefficient (Wildman–Crippen LogP) is 2.00. The molecule has 5 heteroatoms. The highest BCUT2D eigenvalue weighted by Gasteiger charge is 2.22. The lowest BCUT2D eigenvalue weighted by molar-refractivity contribution is -0.142. The van der Waals surface area contributed by atoms with Crippen molar-refractivity contribution in [1.82, 2.24) is 5.32 Å². The first-order chi connectivity index (χ1) is 9.11. The van der Waals surface area contributed by atoms with Gasteiger partial charge in [-0.15, -0.1) is 0 Å². The highest BCUT2D eigenvalue weighted by molar-refractivity contribution is 5.70. The van der Waals surface area contributed by atoms with E-state index in [1.165, 1.54) is 0 Å². The molecule has 0 amide bonds. The number of nitrogens with one attached hydrogen (secondary N) is 1. The normalized spacial score (nSPS) is 16.1. The molecular weight excluding hydrogens is 246 g/mol. The molecule has 2 N–H and O–H groups in total. The molecule has 1 heterocycles. The van der Waals surface area contributed by atoms with E-state index in [0.29, 0.717) is 13.0 Å². The van der Waals surface area contributed by atoms with Crippen LogP contribution in [-0.4, -0.2) is 23.9 Å². The summed E-state index contributed by atoms with van der Waals surface area (Å²) in [5.41, 5.74) is 1.05. The minimum Gasteiger partial charge on any atom is -0.481 e. The summed E-state index contributed by atoms with van der Waals surface area (Å²) >= 11 is 0. The Hall–Kier alpha value is -1.75. The lowest BCUT2D eigenvalue weighted by Gasteiger charge is -2.20. The molecule has 104 valence electrons. The van der Waals surface area contributed by atoms with Crippen molar-refractivity contribution in [3.8, 4) is 11.5 Å². The van der Waals surface area contributed by atoms with Gasteiger partial charge in [0.25, 0.3) is 0 Å². The van der Waals surface area contributed by atoms with Crippen LogP contribution in [0.25, 0.3) is 0 Å². The summed E-state index contributed by atoms with van der Waals surface area (Å²) in [6, 6.07) is 5.67. The lowest BCUT2D eigenvalue weighted by atomic mass is 9.98. The van der Waals surface area contributed by atoms with Crippen molar-refractivity contribution >= 4 is 5.97 Å². The van der Waals surface area contributed by atoms with E-state index in [1.54, 1.807) is 0 Å². The number of carboxylic acid groups (broad SMARTS) is 1. The minimum atomic E-state index is -0.756. The zero-order chi connectivity index (χ0) is 13.8. The van der Waals surface area contributed by atoms with Crippen molar-refractivity contribution in [3.63, 3.8) is 0 Å². The van der Waals surface area contributed by atoms with Crippen LogP contribution < -0.4 is 14.8 Å². The minimum absolute atomic E-state index is 0.0760. The highest BCUT2D eigenvalue weighted by atomic mass is 16.7. The van der Waals surface area contributed by atoms with Gasteiger partial charge in [0.15, 0.2) is 11.5 Å². The average molecular weight is 265 g/mol.